The normalized spacial score (nSPS) is 13.1. The van der Waals surface area contributed by atoms with Gasteiger partial charge in [0.2, 0.25) is 0 Å². The van der Waals surface area contributed by atoms with Crippen LogP contribution in [0.1, 0.15) is 15.9 Å². The molecule has 7 heteroatoms. The highest BCUT2D eigenvalue weighted by molar-refractivity contribution is 8.21. The average Bonchev–Trinajstić information content (AvgIpc) is 2.98. The van der Waals surface area contributed by atoms with Crippen molar-refractivity contribution in [1.29, 1.82) is 0 Å². The number of anilines is 1. The van der Waals surface area contributed by atoms with Gasteiger partial charge in [0.25, 0.3) is 5.91 Å². The van der Waals surface area contributed by atoms with Crippen molar-refractivity contribution >= 4 is 45.5 Å². The van der Waals surface area contributed by atoms with E-state index in [1.54, 1.807) is 17.0 Å². The SMILES string of the molecule is NSOc1ccccc1C(=O)N1CCc2cc(SCl)ccc21. The van der Waals surface area contributed by atoms with E-state index in [2.05, 4.69) is 0 Å². The highest BCUT2D eigenvalue weighted by Gasteiger charge is 2.27. The second-order valence-corrected chi connectivity index (χ2v) is 6.20. The monoisotopic (exact) mass is 352 g/mol. The summed E-state index contributed by atoms with van der Waals surface area (Å²) < 4.78 is 5.27. The third-order valence-corrected chi connectivity index (χ3v) is 4.78. The maximum atomic E-state index is 12.8. The van der Waals surface area contributed by atoms with Crippen LogP contribution < -0.4 is 14.2 Å². The number of nitrogens with two attached hydrogens (primary N) is 1. The van der Waals surface area contributed by atoms with Crippen molar-refractivity contribution in [2.24, 2.45) is 5.14 Å². The number of benzene rings is 2. The zero-order chi connectivity index (χ0) is 15.5. The largest absolute Gasteiger partial charge is 0.409 e. The molecule has 0 bridgehead atoms. The van der Waals surface area contributed by atoms with Crippen molar-refractivity contribution in [3.63, 3.8) is 0 Å². The predicted molar refractivity (Wildman–Crippen MR) is 92.4 cm³/mol. The van der Waals surface area contributed by atoms with Crippen LogP contribution >= 0.6 is 33.9 Å². The minimum Gasteiger partial charge on any atom is -0.409 e. The molecular weight excluding hydrogens is 340 g/mol. The van der Waals surface area contributed by atoms with E-state index in [1.165, 1.54) is 11.0 Å². The number of nitrogens with zero attached hydrogens (tertiary/aromatic N) is 1. The molecule has 0 saturated carbocycles. The molecule has 0 atom stereocenters. The van der Waals surface area contributed by atoms with Gasteiger partial charge in [-0.25, -0.2) is 5.14 Å². The van der Waals surface area contributed by atoms with Crippen molar-refractivity contribution in [3.05, 3.63) is 53.6 Å². The van der Waals surface area contributed by atoms with Crippen LogP contribution in [0.25, 0.3) is 0 Å². The van der Waals surface area contributed by atoms with Crippen LogP contribution in [0.2, 0.25) is 0 Å². The number of hydrogen-bond acceptors (Lipinski definition) is 5. The number of halogens is 1. The summed E-state index contributed by atoms with van der Waals surface area (Å²) in [4.78, 5) is 15.6. The van der Waals surface area contributed by atoms with E-state index < -0.39 is 0 Å². The first-order valence-electron chi connectivity index (χ1n) is 6.60. The Bertz CT molecular complexity index is 712. The molecule has 3 rings (SSSR count). The lowest BCUT2D eigenvalue weighted by Gasteiger charge is -2.18. The molecule has 0 radical (unpaired) electrons. The van der Waals surface area contributed by atoms with Gasteiger partial charge in [-0.15, -0.1) is 0 Å². The Morgan fingerprint density at radius 1 is 1.27 bits per heavy atom. The van der Waals surface area contributed by atoms with E-state index in [1.807, 2.05) is 30.3 Å². The fourth-order valence-corrected chi connectivity index (χ4v) is 3.39. The highest BCUT2D eigenvalue weighted by Crippen LogP contribution is 2.35. The summed E-state index contributed by atoms with van der Waals surface area (Å²) in [5.74, 6) is 0.385. The van der Waals surface area contributed by atoms with Gasteiger partial charge in [0.15, 0.2) is 5.75 Å². The van der Waals surface area contributed by atoms with Gasteiger partial charge in [-0.3, -0.25) is 4.79 Å². The Morgan fingerprint density at radius 3 is 2.86 bits per heavy atom. The van der Waals surface area contributed by atoms with Gasteiger partial charge < -0.3 is 9.08 Å². The summed E-state index contributed by atoms with van der Waals surface area (Å²) >= 11 is 0.731. The van der Waals surface area contributed by atoms with Gasteiger partial charge in [0, 0.05) is 17.1 Å². The zero-order valence-corrected chi connectivity index (χ0v) is 13.9. The van der Waals surface area contributed by atoms with E-state index in [0.717, 1.165) is 34.8 Å². The third kappa shape index (κ3) is 2.92. The van der Waals surface area contributed by atoms with Crippen LogP contribution in [-0.2, 0) is 6.42 Å². The number of para-hydroxylation sites is 1. The minimum atomic E-state index is -0.0883. The summed E-state index contributed by atoms with van der Waals surface area (Å²) in [6, 6.07) is 13.0. The first-order valence-corrected chi connectivity index (χ1v) is 9.05. The maximum absolute atomic E-state index is 12.8. The standard InChI is InChI=1S/C15H13ClN2O2S2/c16-21-11-5-6-13-10(9-11)7-8-18(13)15(19)12-3-1-2-4-14(12)20-22-17/h1-6,9H,7-8,17H2. The van der Waals surface area contributed by atoms with Crippen LogP contribution in [0.15, 0.2) is 47.4 Å². The van der Waals surface area contributed by atoms with Crippen molar-refractivity contribution in [1.82, 2.24) is 0 Å². The van der Waals surface area contributed by atoms with Gasteiger partial charge in [-0.05, 0) is 64.0 Å². The van der Waals surface area contributed by atoms with Crippen LogP contribution in [0.3, 0.4) is 0 Å². The zero-order valence-electron chi connectivity index (χ0n) is 11.5. The Hall–Kier alpha value is -1.34. The number of rotatable bonds is 4. The highest BCUT2D eigenvalue weighted by atomic mass is 35.7. The number of hydrogen-bond donors (Lipinski definition) is 1. The number of amides is 1. The summed E-state index contributed by atoms with van der Waals surface area (Å²) in [5, 5.41) is 5.35. The number of carbonyl (C=O) groups excluding carboxylic acids is 1. The molecular formula is C15H13ClN2O2S2. The predicted octanol–water partition coefficient (Wildman–Crippen LogP) is 4.04. The summed E-state index contributed by atoms with van der Waals surface area (Å²) in [6.07, 6.45) is 0.820. The van der Waals surface area contributed by atoms with Crippen molar-refractivity contribution in [2.45, 2.75) is 11.3 Å². The van der Waals surface area contributed by atoms with Gasteiger partial charge in [-0.2, -0.15) is 0 Å². The van der Waals surface area contributed by atoms with Crippen LogP contribution in [0.4, 0.5) is 5.69 Å². The van der Waals surface area contributed by atoms with E-state index in [-0.39, 0.29) is 5.91 Å². The average molecular weight is 353 g/mol. The third-order valence-electron chi connectivity index (χ3n) is 3.54. The molecule has 0 saturated heterocycles. The lowest BCUT2D eigenvalue weighted by Crippen LogP contribution is -2.29. The van der Waals surface area contributed by atoms with Gasteiger partial charge >= 0.3 is 0 Å². The van der Waals surface area contributed by atoms with E-state index >= 15 is 0 Å². The number of carbonyl (C=O) groups is 1. The van der Waals surface area contributed by atoms with E-state index in [0.29, 0.717) is 17.9 Å². The molecule has 0 aromatic heterocycles. The second-order valence-electron chi connectivity index (χ2n) is 4.75. The lowest BCUT2D eigenvalue weighted by atomic mass is 10.1. The number of fused-ring (bicyclic) bond motifs is 1. The maximum Gasteiger partial charge on any atom is 0.262 e. The van der Waals surface area contributed by atoms with Crippen LogP contribution in [0.5, 0.6) is 5.75 Å². The minimum absolute atomic E-state index is 0.0883. The summed E-state index contributed by atoms with van der Waals surface area (Å²) in [6.45, 7) is 0.647. The topological polar surface area (TPSA) is 55.6 Å². The molecule has 4 nitrogen and oxygen atoms in total. The Morgan fingerprint density at radius 2 is 2.09 bits per heavy atom. The molecule has 0 aliphatic carbocycles. The fourth-order valence-electron chi connectivity index (χ4n) is 2.55. The van der Waals surface area contributed by atoms with Gasteiger partial charge in [0.1, 0.15) is 12.2 Å². The first kappa shape index (κ1) is 15.6. The van der Waals surface area contributed by atoms with Crippen molar-refractivity contribution in [3.8, 4) is 5.75 Å². The molecule has 0 fully saturated rings. The molecule has 1 amide bonds. The molecule has 0 unspecified atom stereocenters. The molecule has 2 N–H and O–H groups in total. The van der Waals surface area contributed by atoms with Gasteiger partial charge in [0.05, 0.1) is 5.56 Å². The Kier molecular flexibility index (Phi) is 4.83. The van der Waals surface area contributed by atoms with Gasteiger partial charge in [-0.1, -0.05) is 12.1 Å². The van der Waals surface area contributed by atoms with Crippen molar-refractivity contribution in [2.75, 3.05) is 11.4 Å². The molecule has 22 heavy (non-hydrogen) atoms. The molecule has 2 aromatic rings. The van der Waals surface area contributed by atoms with Crippen LogP contribution in [-0.4, -0.2) is 12.5 Å². The molecule has 1 aliphatic rings. The quantitative estimate of drug-likeness (QED) is 0.665. The smallest absolute Gasteiger partial charge is 0.262 e. The van der Waals surface area contributed by atoms with Crippen molar-refractivity contribution < 1.29 is 8.98 Å². The summed E-state index contributed by atoms with van der Waals surface area (Å²) in [5.41, 5.74) is 2.56. The molecule has 0 spiro atoms. The summed E-state index contributed by atoms with van der Waals surface area (Å²) in [7, 11) is 6.97. The van der Waals surface area contributed by atoms with E-state index in [4.69, 9.17) is 20.0 Å². The molecule has 114 valence electrons. The first-order chi connectivity index (χ1) is 10.7. The Balaban J connectivity index is 1.93. The van der Waals surface area contributed by atoms with Crippen LogP contribution in [0, 0.1) is 0 Å². The molecule has 1 heterocycles. The second kappa shape index (κ2) is 6.83. The molecule has 1 aliphatic heterocycles. The lowest BCUT2D eigenvalue weighted by molar-refractivity contribution is 0.0988. The molecule has 2 aromatic carbocycles. The Labute approximate surface area is 141 Å². The van der Waals surface area contributed by atoms with E-state index in [9.17, 15) is 4.79 Å². The fraction of sp³-hybridized carbons (Fsp3) is 0.133.